The third-order valence-corrected chi connectivity index (χ3v) is 10.6. The zero-order chi connectivity index (χ0) is 19.1. The van der Waals surface area contributed by atoms with E-state index in [2.05, 4.69) is 63.2 Å². The van der Waals surface area contributed by atoms with Gasteiger partial charge in [-0.25, -0.2) is 0 Å². The lowest BCUT2D eigenvalue weighted by atomic mass is 10.1. The van der Waals surface area contributed by atoms with Gasteiger partial charge in [0.1, 0.15) is 0 Å². The van der Waals surface area contributed by atoms with Gasteiger partial charge in [-0.2, -0.15) is 0 Å². The number of benzene rings is 2. The van der Waals surface area contributed by atoms with Crippen molar-refractivity contribution in [1.82, 2.24) is 0 Å². The van der Waals surface area contributed by atoms with Crippen molar-refractivity contribution in [2.45, 2.75) is 70.6 Å². The molecule has 0 spiro atoms. The summed E-state index contributed by atoms with van der Waals surface area (Å²) in [5.74, 6) is 0. The van der Waals surface area contributed by atoms with Crippen LogP contribution in [0.4, 0.5) is 0 Å². The van der Waals surface area contributed by atoms with Crippen LogP contribution in [0.1, 0.15) is 39.2 Å². The predicted molar refractivity (Wildman–Crippen MR) is 115 cm³/mol. The zero-order valence-corrected chi connectivity index (χ0v) is 18.1. The highest BCUT2D eigenvalue weighted by atomic mass is 28.4. The fourth-order valence-corrected chi connectivity index (χ4v) is 6.73. The molecule has 1 aliphatic rings. The van der Waals surface area contributed by atoms with Gasteiger partial charge in [-0.1, -0.05) is 57.2 Å². The molecular formula is C23H34O3Si. The molecule has 0 N–H and O–H groups in total. The number of hydrogen-bond donors (Lipinski definition) is 0. The van der Waals surface area contributed by atoms with E-state index in [0.717, 1.165) is 26.1 Å². The highest BCUT2D eigenvalue weighted by Gasteiger charge is 2.35. The molecule has 4 heteroatoms. The largest absolute Gasteiger partial charge is 0.414 e. The molecule has 148 valence electrons. The Morgan fingerprint density at radius 3 is 2.41 bits per heavy atom. The first kappa shape index (κ1) is 20.5. The van der Waals surface area contributed by atoms with Gasteiger partial charge in [-0.3, -0.25) is 0 Å². The maximum atomic E-state index is 6.73. The number of ether oxygens (including phenoxy) is 2. The van der Waals surface area contributed by atoms with Crippen LogP contribution in [0.2, 0.25) is 18.1 Å². The molecule has 0 amide bonds. The van der Waals surface area contributed by atoms with Gasteiger partial charge >= 0.3 is 0 Å². The van der Waals surface area contributed by atoms with Crippen LogP contribution in [0.25, 0.3) is 10.8 Å². The predicted octanol–water partition coefficient (Wildman–Crippen LogP) is 5.93. The van der Waals surface area contributed by atoms with Crippen molar-refractivity contribution in [2.75, 3.05) is 13.2 Å². The van der Waals surface area contributed by atoms with E-state index < -0.39 is 8.32 Å². The van der Waals surface area contributed by atoms with Gasteiger partial charge in [0, 0.05) is 19.1 Å². The minimum atomic E-state index is -1.59. The van der Waals surface area contributed by atoms with E-state index in [9.17, 15) is 0 Å². The first-order chi connectivity index (χ1) is 13.2. The topological polar surface area (TPSA) is 31.0 Å². The SMILES string of the molecule is CC[Si](CC)(CC)OC(CCOCc1ccc2ccccc2c1)C[C@H]1CO1. The summed E-state index contributed by atoms with van der Waals surface area (Å²) >= 11 is 0. The van der Waals surface area contributed by atoms with Crippen LogP contribution < -0.4 is 0 Å². The summed E-state index contributed by atoms with van der Waals surface area (Å²) in [5.41, 5.74) is 1.23. The molecule has 1 heterocycles. The van der Waals surface area contributed by atoms with Gasteiger partial charge in [0.05, 0.1) is 19.3 Å². The van der Waals surface area contributed by atoms with Gasteiger partial charge in [0.15, 0.2) is 8.32 Å². The van der Waals surface area contributed by atoms with Crippen molar-refractivity contribution in [3.05, 3.63) is 48.0 Å². The van der Waals surface area contributed by atoms with Crippen molar-refractivity contribution < 1.29 is 13.9 Å². The fourth-order valence-electron chi connectivity index (χ4n) is 3.81. The van der Waals surface area contributed by atoms with Crippen molar-refractivity contribution in [3.8, 4) is 0 Å². The Morgan fingerprint density at radius 2 is 1.74 bits per heavy atom. The molecule has 0 bridgehead atoms. The molecule has 1 saturated heterocycles. The number of rotatable bonds is 12. The third kappa shape index (κ3) is 5.88. The molecule has 1 fully saturated rings. The zero-order valence-electron chi connectivity index (χ0n) is 17.1. The van der Waals surface area contributed by atoms with Gasteiger partial charge in [-0.05, 0) is 47.0 Å². The molecule has 0 saturated carbocycles. The van der Waals surface area contributed by atoms with Gasteiger partial charge < -0.3 is 13.9 Å². The van der Waals surface area contributed by atoms with E-state index in [1.165, 1.54) is 34.5 Å². The standard InChI is InChI=1S/C23H34O3Si/c1-4-27(5-2,6-3)26-22(16-23-18-25-23)13-14-24-17-19-11-12-20-9-7-8-10-21(20)15-19/h7-12,15,22-23H,4-6,13-14,16-18H2,1-3H3/t22?,23-/m0/s1. The molecule has 1 unspecified atom stereocenters. The Labute approximate surface area is 165 Å². The minimum absolute atomic E-state index is 0.278. The summed E-state index contributed by atoms with van der Waals surface area (Å²) in [5, 5.41) is 2.55. The van der Waals surface area contributed by atoms with Crippen LogP contribution in [0.5, 0.6) is 0 Å². The van der Waals surface area contributed by atoms with E-state index in [1.54, 1.807) is 0 Å². The Kier molecular flexibility index (Phi) is 7.47. The average Bonchev–Trinajstić information content (AvgIpc) is 3.53. The molecule has 2 atom stereocenters. The monoisotopic (exact) mass is 386 g/mol. The van der Waals surface area contributed by atoms with Crippen LogP contribution in [0.15, 0.2) is 42.5 Å². The molecule has 3 rings (SSSR count). The number of hydrogen-bond acceptors (Lipinski definition) is 3. The summed E-state index contributed by atoms with van der Waals surface area (Å²) in [6.07, 6.45) is 2.67. The van der Waals surface area contributed by atoms with Crippen molar-refractivity contribution >= 4 is 19.1 Å². The summed E-state index contributed by atoms with van der Waals surface area (Å²) in [6.45, 7) is 9.18. The normalized spacial score (nSPS) is 18.0. The van der Waals surface area contributed by atoms with E-state index in [-0.39, 0.29) is 6.10 Å². The van der Waals surface area contributed by atoms with Crippen LogP contribution >= 0.6 is 0 Å². The van der Waals surface area contributed by atoms with E-state index in [4.69, 9.17) is 13.9 Å². The van der Waals surface area contributed by atoms with E-state index in [1.807, 2.05) is 0 Å². The second kappa shape index (κ2) is 9.83. The smallest absolute Gasteiger partial charge is 0.192 e. The molecule has 0 aliphatic carbocycles. The molecule has 0 radical (unpaired) electrons. The average molecular weight is 387 g/mol. The van der Waals surface area contributed by atoms with Crippen molar-refractivity contribution in [2.24, 2.45) is 0 Å². The summed E-state index contributed by atoms with van der Waals surface area (Å²) in [7, 11) is -1.59. The van der Waals surface area contributed by atoms with E-state index >= 15 is 0 Å². The lowest BCUT2D eigenvalue weighted by Crippen LogP contribution is -2.40. The Hall–Kier alpha value is -1.20. The lowest BCUT2D eigenvalue weighted by Gasteiger charge is -2.33. The van der Waals surface area contributed by atoms with Crippen LogP contribution in [-0.2, 0) is 20.5 Å². The van der Waals surface area contributed by atoms with Gasteiger partial charge in [0.25, 0.3) is 0 Å². The molecular weight excluding hydrogens is 352 g/mol. The molecule has 2 aromatic carbocycles. The van der Waals surface area contributed by atoms with Gasteiger partial charge in [0.2, 0.25) is 0 Å². The summed E-state index contributed by atoms with van der Waals surface area (Å²) in [4.78, 5) is 0. The molecule has 0 aromatic heterocycles. The second-order valence-electron chi connectivity index (χ2n) is 7.70. The number of fused-ring (bicyclic) bond motifs is 1. The third-order valence-electron chi connectivity index (χ3n) is 5.94. The Bertz CT molecular complexity index is 701. The minimum Gasteiger partial charge on any atom is -0.414 e. The Balaban J connectivity index is 1.50. The maximum absolute atomic E-state index is 6.73. The highest BCUT2D eigenvalue weighted by molar-refractivity contribution is 6.73. The quantitative estimate of drug-likeness (QED) is 0.257. The molecule has 27 heavy (non-hydrogen) atoms. The van der Waals surface area contributed by atoms with Crippen LogP contribution in [0.3, 0.4) is 0 Å². The van der Waals surface area contributed by atoms with E-state index in [0.29, 0.717) is 12.7 Å². The maximum Gasteiger partial charge on any atom is 0.192 e. The first-order valence-electron chi connectivity index (χ1n) is 10.5. The van der Waals surface area contributed by atoms with Crippen LogP contribution in [0, 0.1) is 0 Å². The highest BCUT2D eigenvalue weighted by Crippen LogP contribution is 2.28. The summed E-state index contributed by atoms with van der Waals surface area (Å²) in [6, 6.07) is 18.6. The number of epoxide rings is 1. The molecule has 3 nitrogen and oxygen atoms in total. The van der Waals surface area contributed by atoms with Crippen LogP contribution in [-0.4, -0.2) is 33.7 Å². The molecule has 1 aliphatic heterocycles. The Morgan fingerprint density at radius 1 is 1.04 bits per heavy atom. The van der Waals surface area contributed by atoms with Crippen molar-refractivity contribution in [3.63, 3.8) is 0 Å². The summed E-state index contributed by atoms with van der Waals surface area (Å²) < 4.78 is 18.2. The van der Waals surface area contributed by atoms with Crippen molar-refractivity contribution in [1.29, 1.82) is 0 Å². The first-order valence-corrected chi connectivity index (χ1v) is 13.1. The molecule has 2 aromatic rings. The fraction of sp³-hybridized carbons (Fsp3) is 0.565. The van der Waals surface area contributed by atoms with Gasteiger partial charge in [-0.15, -0.1) is 0 Å². The lowest BCUT2D eigenvalue weighted by molar-refractivity contribution is 0.0723. The second-order valence-corrected chi connectivity index (χ2v) is 12.4.